The zero-order chi connectivity index (χ0) is 8.85. The van der Waals surface area contributed by atoms with Gasteiger partial charge in [-0.2, -0.15) is 0 Å². The number of rotatable bonds is 3. The maximum atomic E-state index is 11.5. The molecule has 11 heavy (non-hydrogen) atoms. The topological polar surface area (TPSA) is 29.1 Å². The third kappa shape index (κ3) is 4.47. The molecule has 0 fully saturated rings. The van der Waals surface area contributed by atoms with Crippen molar-refractivity contribution in [2.75, 3.05) is 6.54 Å². The Balaban J connectivity index is 3.71. The highest BCUT2D eigenvalue weighted by atomic mass is 19.3. The van der Waals surface area contributed by atoms with E-state index in [0.717, 1.165) is 0 Å². The lowest BCUT2D eigenvalue weighted by Crippen LogP contribution is -2.28. The molecule has 0 radical (unpaired) electrons. The van der Waals surface area contributed by atoms with Crippen LogP contribution in [0, 0.1) is 0 Å². The molecule has 0 aliphatic carbocycles. The lowest BCUT2D eigenvalue weighted by Gasteiger charge is -2.02. The lowest BCUT2D eigenvalue weighted by atomic mass is 10.3. The summed E-state index contributed by atoms with van der Waals surface area (Å²) in [4.78, 5) is 10.8. The first-order valence-corrected chi connectivity index (χ1v) is 3.27. The number of carbonyl (C=O) groups is 1. The van der Waals surface area contributed by atoms with Crippen LogP contribution in [0.4, 0.5) is 8.78 Å². The normalized spacial score (nSPS) is 11.9. The third-order valence-corrected chi connectivity index (χ3v) is 1.21. The molecular formula is C7H11F2NO. The Morgan fingerprint density at radius 1 is 1.64 bits per heavy atom. The molecular weight excluding hydrogens is 152 g/mol. The molecule has 0 bridgehead atoms. The van der Waals surface area contributed by atoms with E-state index in [4.69, 9.17) is 0 Å². The van der Waals surface area contributed by atoms with Crippen molar-refractivity contribution in [1.82, 2.24) is 5.32 Å². The summed E-state index contributed by atoms with van der Waals surface area (Å²) >= 11 is 0. The maximum Gasteiger partial charge on any atom is 0.255 e. The van der Waals surface area contributed by atoms with Gasteiger partial charge in [-0.1, -0.05) is 6.08 Å². The maximum absolute atomic E-state index is 11.5. The highest BCUT2D eigenvalue weighted by Crippen LogP contribution is 1.93. The van der Waals surface area contributed by atoms with Gasteiger partial charge >= 0.3 is 0 Å². The van der Waals surface area contributed by atoms with Crippen molar-refractivity contribution in [3.8, 4) is 0 Å². The molecule has 0 unspecified atom stereocenters. The lowest BCUT2D eigenvalue weighted by molar-refractivity contribution is -0.118. The molecule has 0 saturated heterocycles. The molecule has 0 heterocycles. The summed E-state index contributed by atoms with van der Waals surface area (Å²) in [5.74, 6) is -0.437. The van der Waals surface area contributed by atoms with Crippen molar-refractivity contribution >= 4 is 5.91 Å². The monoisotopic (exact) mass is 163 g/mol. The van der Waals surface area contributed by atoms with Crippen LogP contribution in [0.25, 0.3) is 0 Å². The van der Waals surface area contributed by atoms with Gasteiger partial charge < -0.3 is 5.32 Å². The van der Waals surface area contributed by atoms with Gasteiger partial charge in [-0.05, 0) is 13.8 Å². The molecule has 1 N–H and O–H groups in total. The van der Waals surface area contributed by atoms with Crippen LogP contribution in [-0.4, -0.2) is 18.9 Å². The molecule has 0 spiro atoms. The van der Waals surface area contributed by atoms with E-state index < -0.39 is 18.9 Å². The first kappa shape index (κ1) is 10.1. The van der Waals surface area contributed by atoms with E-state index >= 15 is 0 Å². The van der Waals surface area contributed by atoms with Crippen LogP contribution in [-0.2, 0) is 4.79 Å². The molecule has 0 aliphatic rings. The molecule has 0 aromatic rings. The van der Waals surface area contributed by atoms with E-state index in [1.165, 1.54) is 0 Å². The predicted octanol–water partition coefficient (Wildman–Crippen LogP) is 1.33. The molecule has 0 saturated carbocycles. The largest absolute Gasteiger partial charge is 0.347 e. The number of alkyl halides is 2. The van der Waals surface area contributed by atoms with Gasteiger partial charge in [0.05, 0.1) is 6.54 Å². The molecule has 0 rings (SSSR count). The third-order valence-electron chi connectivity index (χ3n) is 1.21. The summed E-state index contributed by atoms with van der Waals surface area (Å²) in [6.07, 6.45) is -0.913. The zero-order valence-corrected chi connectivity index (χ0v) is 6.53. The number of halogens is 2. The van der Waals surface area contributed by atoms with Crippen LogP contribution >= 0.6 is 0 Å². The van der Waals surface area contributed by atoms with Crippen LogP contribution in [0.5, 0.6) is 0 Å². The number of carbonyl (C=O) groups excluding carboxylic acids is 1. The van der Waals surface area contributed by atoms with E-state index in [0.29, 0.717) is 5.57 Å². The Morgan fingerprint density at radius 2 is 2.18 bits per heavy atom. The fraction of sp³-hybridized carbons (Fsp3) is 0.571. The second kappa shape index (κ2) is 4.82. The van der Waals surface area contributed by atoms with Crippen LogP contribution in [0.15, 0.2) is 11.6 Å². The van der Waals surface area contributed by atoms with Crippen LogP contribution in [0.1, 0.15) is 13.8 Å². The van der Waals surface area contributed by atoms with Gasteiger partial charge in [-0.25, -0.2) is 8.78 Å². The summed E-state index contributed by atoms with van der Waals surface area (Å²) < 4.78 is 23.1. The SMILES string of the molecule is C/C=C(/C)C(=O)NCC(F)F. The second-order valence-corrected chi connectivity index (χ2v) is 2.07. The highest BCUT2D eigenvalue weighted by Gasteiger charge is 2.06. The summed E-state index contributed by atoms with van der Waals surface area (Å²) in [7, 11) is 0. The molecule has 64 valence electrons. The quantitative estimate of drug-likeness (QED) is 0.625. The summed E-state index contributed by atoms with van der Waals surface area (Å²) in [6.45, 7) is 2.67. The Labute approximate surface area is 64.3 Å². The van der Waals surface area contributed by atoms with Crippen molar-refractivity contribution in [1.29, 1.82) is 0 Å². The van der Waals surface area contributed by atoms with Crippen molar-refractivity contribution < 1.29 is 13.6 Å². The van der Waals surface area contributed by atoms with Gasteiger partial charge in [-0.3, -0.25) is 4.79 Å². The molecule has 4 heteroatoms. The van der Waals surface area contributed by atoms with Crippen LogP contribution in [0.2, 0.25) is 0 Å². The summed E-state index contributed by atoms with van der Waals surface area (Å²) in [6, 6.07) is 0. The van der Waals surface area contributed by atoms with E-state index in [2.05, 4.69) is 5.32 Å². The zero-order valence-electron chi connectivity index (χ0n) is 6.53. The van der Waals surface area contributed by atoms with E-state index in [9.17, 15) is 13.6 Å². The number of allylic oxidation sites excluding steroid dienone is 1. The highest BCUT2D eigenvalue weighted by molar-refractivity contribution is 5.92. The smallest absolute Gasteiger partial charge is 0.255 e. The van der Waals surface area contributed by atoms with Gasteiger partial charge in [-0.15, -0.1) is 0 Å². The minimum Gasteiger partial charge on any atom is -0.347 e. The molecule has 2 nitrogen and oxygen atoms in total. The van der Waals surface area contributed by atoms with Gasteiger partial charge in [0.25, 0.3) is 6.43 Å². The standard InChI is InChI=1S/C7H11F2NO/c1-3-5(2)7(11)10-4-6(8)9/h3,6H,4H2,1-2H3,(H,10,11)/b5-3-. The first-order chi connectivity index (χ1) is 5.07. The van der Waals surface area contributed by atoms with Gasteiger partial charge in [0.2, 0.25) is 5.91 Å². The predicted molar refractivity (Wildman–Crippen MR) is 38.4 cm³/mol. The number of hydrogen-bond acceptors (Lipinski definition) is 1. The molecule has 1 amide bonds. The van der Waals surface area contributed by atoms with Gasteiger partial charge in [0, 0.05) is 5.57 Å². The second-order valence-electron chi connectivity index (χ2n) is 2.07. The fourth-order valence-electron chi connectivity index (χ4n) is 0.440. The number of hydrogen-bond donors (Lipinski definition) is 1. The summed E-state index contributed by atoms with van der Waals surface area (Å²) in [5, 5.41) is 2.08. The average Bonchev–Trinajstić information content (AvgIpc) is 1.98. The van der Waals surface area contributed by atoms with E-state index in [-0.39, 0.29) is 0 Å². The van der Waals surface area contributed by atoms with Crippen molar-refractivity contribution in [3.05, 3.63) is 11.6 Å². The Bertz CT molecular complexity index is 166. The van der Waals surface area contributed by atoms with Crippen molar-refractivity contribution in [3.63, 3.8) is 0 Å². The fourth-order valence-corrected chi connectivity index (χ4v) is 0.440. The Kier molecular flexibility index (Phi) is 4.41. The van der Waals surface area contributed by atoms with Gasteiger partial charge in [0.15, 0.2) is 0 Å². The van der Waals surface area contributed by atoms with Crippen molar-refractivity contribution in [2.45, 2.75) is 20.3 Å². The average molecular weight is 163 g/mol. The first-order valence-electron chi connectivity index (χ1n) is 3.27. The molecule has 0 aliphatic heterocycles. The number of amides is 1. The minimum absolute atomic E-state index is 0.437. The Morgan fingerprint density at radius 3 is 2.55 bits per heavy atom. The molecule has 0 aromatic carbocycles. The molecule has 0 atom stereocenters. The minimum atomic E-state index is -2.48. The Hall–Kier alpha value is -0.930. The van der Waals surface area contributed by atoms with Crippen molar-refractivity contribution in [2.24, 2.45) is 0 Å². The summed E-state index contributed by atoms with van der Waals surface area (Å²) in [5.41, 5.74) is 0.450. The number of nitrogens with one attached hydrogen (secondary N) is 1. The van der Waals surface area contributed by atoms with E-state index in [1.54, 1.807) is 19.9 Å². The van der Waals surface area contributed by atoms with Gasteiger partial charge in [0.1, 0.15) is 0 Å². The molecule has 0 aromatic heterocycles. The van der Waals surface area contributed by atoms with Crippen LogP contribution < -0.4 is 5.32 Å². The van der Waals surface area contributed by atoms with Crippen LogP contribution in [0.3, 0.4) is 0 Å². The van der Waals surface area contributed by atoms with E-state index in [1.807, 2.05) is 0 Å².